The molecule has 0 spiro atoms. The quantitative estimate of drug-likeness (QED) is 0.277. The molecule has 0 heterocycles. The number of nitrogens with one attached hydrogen (secondary N) is 1. The van der Waals surface area contributed by atoms with Gasteiger partial charge in [0.15, 0.2) is 0 Å². The minimum absolute atomic E-state index is 0.256. The smallest absolute Gasteiger partial charge is 0.208 e. The highest BCUT2D eigenvalue weighted by atomic mass is 16.5. The topological polar surface area (TPSA) is 62.9 Å². The van der Waals surface area contributed by atoms with Crippen LogP contribution in [0.25, 0.3) is 0 Å². The van der Waals surface area contributed by atoms with Gasteiger partial charge in [0, 0.05) is 20.7 Å². The van der Waals surface area contributed by atoms with Crippen molar-refractivity contribution in [3.63, 3.8) is 0 Å². The molecule has 1 atom stereocenters. The van der Waals surface area contributed by atoms with E-state index >= 15 is 0 Å². The molecule has 3 N–H and O–H groups in total. The normalized spacial score (nSPS) is 14.1. The lowest BCUT2D eigenvalue weighted by molar-refractivity contribution is 0.144. The van der Waals surface area contributed by atoms with Crippen LogP contribution in [-0.2, 0) is 4.74 Å². The largest absolute Gasteiger partial charge is 0.383 e. The van der Waals surface area contributed by atoms with Crippen LogP contribution in [0, 0.1) is 0 Å². The Morgan fingerprint density at radius 3 is 2.69 bits per heavy atom. The van der Waals surface area contributed by atoms with E-state index in [1.807, 2.05) is 25.8 Å². The maximum absolute atomic E-state index is 5.33. The number of hydrazine groups is 1. The molecule has 0 radical (unpaired) electrons. The molecule has 0 aromatic heterocycles. The second kappa shape index (κ2) is 6.68. The molecule has 0 fully saturated rings. The second-order valence-electron chi connectivity index (χ2n) is 2.86. The maximum atomic E-state index is 5.33. The minimum atomic E-state index is 0.256. The second-order valence-corrected chi connectivity index (χ2v) is 2.86. The SMILES string of the molecule is CCN=C(NN)N(C)C(C)COC. The van der Waals surface area contributed by atoms with Gasteiger partial charge in [0.05, 0.1) is 12.6 Å². The molecule has 0 bridgehead atoms. The van der Waals surface area contributed by atoms with Gasteiger partial charge in [-0.3, -0.25) is 10.4 Å². The van der Waals surface area contributed by atoms with E-state index in [9.17, 15) is 0 Å². The van der Waals surface area contributed by atoms with Crippen molar-refractivity contribution < 1.29 is 4.74 Å². The number of nitrogens with two attached hydrogens (primary N) is 1. The number of rotatable bonds is 4. The van der Waals surface area contributed by atoms with Crippen LogP contribution in [0.3, 0.4) is 0 Å². The van der Waals surface area contributed by atoms with Crippen LogP contribution in [0.4, 0.5) is 0 Å². The third-order valence-electron chi connectivity index (χ3n) is 1.84. The van der Waals surface area contributed by atoms with E-state index in [0.29, 0.717) is 19.1 Å². The Bertz CT molecular complexity index is 160. The number of hydrogen-bond donors (Lipinski definition) is 2. The molecule has 0 rings (SSSR count). The lowest BCUT2D eigenvalue weighted by atomic mass is 10.3. The van der Waals surface area contributed by atoms with Crippen molar-refractivity contribution in [2.75, 3.05) is 27.3 Å². The third-order valence-corrected chi connectivity index (χ3v) is 1.84. The third kappa shape index (κ3) is 4.10. The van der Waals surface area contributed by atoms with E-state index in [-0.39, 0.29) is 6.04 Å². The predicted octanol–water partition coefficient (Wildman–Crippen LogP) is -0.208. The van der Waals surface area contributed by atoms with Crippen molar-refractivity contribution in [2.24, 2.45) is 10.8 Å². The highest BCUT2D eigenvalue weighted by Gasteiger charge is 2.11. The van der Waals surface area contributed by atoms with Gasteiger partial charge in [-0.25, -0.2) is 5.84 Å². The van der Waals surface area contributed by atoms with Crippen LogP contribution in [-0.4, -0.2) is 44.2 Å². The summed E-state index contributed by atoms with van der Waals surface area (Å²) in [5.74, 6) is 6.02. The van der Waals surface area contributed by atoms with Gasteiger partial charge in [0.1, 0.15) is 0 Å². The predicted molar refractivity (Wildman–Crippen MR) is 54.4 cm³/mol. The molecule has 0 aromatic rings. The molecule has 5 heteroatoms. The van der Waals surface area contributed by atoms with Crippen molar-refractivity contribution >= 4 is 5.96 Å². The van der Waals surface area contributed by atoms with E-state index in [1.54, 1.807) is 7.11 Å². The van der Waals surface area contributed by atoms with Gasteiger partial charge in [-0.1, -0.05) is 0 Å². The number of likely N-dealkylation sites (N-methyl/N-ethyl adjacent to an activating group) is 1. The number of methoxy groups -OCH3 is 1. The fourth-order valence-electron chi connectivity index (χ4n) is 0.971. The van der Waals surface area contributed by atoms with Gasteiger partial charge < -0.3 is 9.64 Å². The number of ether oxygens (including phenoxy) is 1. The Kier molecular flexibility index (Phi) is 6.26. The van der Waals surface area contributed by atoms with Crippen molar-refractivity contribution in [1.29, 1.82) is 0 Å². The fourth-order valence-corrected chi connectivity index (χ4v) is 0.971. The number of hydrogen-bond acceptors (Lipinski definition) is 3. The first-order valence-electron chi connectivity index (χ1n) is 4.40. The van der Waals surface area contributed by atoms with E-state index in [0.717, 1.165) is 0 Å². The molecule has 0 aliphatic rings. The van der Waals surface area contributed by atoms with Crippen molar-refractivity contribution in [3.05, 3.63) is 0 Å². The van der Waals surface area contributed by atoms with Gasteiger partial charge in [-0.15, -0.1) is 0 Å². The van der Waals surface area contributed by atoms with Crippen LogP contribution >= 0.6 is 0 Å². The Hall–Kier alpha value is -0.810. The van der Waals surface area contributed by atoms with E-state index in [2.05, 4.69) is 10.4 Å². The Labute approximate surface area is 79.9 Å². The van der Waals surface area contributed by atoms with Gasteiger partial charge in [0.2, 0.25) is 5.96 Å². The zero-order valence-corrected chi connectivity index (χ0v) is 8.87. The van der Waals surface area contributed by atoms with Gasteiger partial charge in [-0.05, 0) is 13.8 Å². The first kappa shape index (κ1) is 12.2. The van der Waals surface area contributed by atoms with Crippen LogP contribution in [0.2, 0.25) is 0 Å². The number of guanidine groups is 1. The summed E-state index contributed by atoms with van der Waals surface area (Å²) >= 11 is 0. The summed E-state index contributed by atoms with van der Waals surface area (Å²) in [6, 6.07) is 0.256. The number of nitrogens with zero attached hydrogens (tertiary/aromatic N) is 2. The molecule has 0 aliphatic heterocycles. The highest BCUT2D eigenvalue weighted by Crippen LogP contribution is 1.96. The highest BCUT2D eigenvalue weighted by molar-refractivity contribution is 5.79. The molecular formula is C8H20N4O. The minimum Gasteiger partial charge on any atom is -0.383 e. The summed E-state index contributed by atoms with van der Waals surface area (Å²) < 4.78 is 5.03. The standard InChI is InChI=1S/C8H20N4O/c1-5-10-8(11-9)12(3)7(2)6-13-4/h7H,5-6,9H2,1-4H3,(H,10,11). The molecular weight excluding hydrogens is 168 g/mol. The van der Waals surface area contributed by atoms with Crippen molar-refractivity contribution in [3.8, 4) is 0 Å². The Balaban J connectivity index is 4.18. The van der Waals surface area contributed by atoms with Crippen LogP contribution in [0.1, 0.15) is 13.8 Å². The summed E-state index contributed by atoms with van der Waals surface area (Å²) in [5, 5.41) is 0. The van der Waals surface area contributed by atoms with Crippen LogP contribution < -0.4 is 11.3 Å². The van der Waals surface area contributed by atoms with Gasteiger partial charge in [0.25, 0.3) is 0 Å². The first-order valence-corrected chi connectivity index (χ1v) is 4.40. The average Bonchev–Trinajstić information content (AvgIpc) is 2.13. The molecule has 5 nitrogen and oxygen atoms in total. The molecule has 0 saturated carbocycles. The zero-order valence-electron chi connectivity index (χ0n) is 8.87. The van der Waals surface area contributed by atoms with Crippen molar-refractivity contribution in [2.45, 2.75) is 19.9 Å². The van der Waals surface area contributed by atoms with E-state index in [4.69, 9.17) is 10.6 Å². The van der Waals surface area contributed by atoms with E-state index in [1.165, 1.54) is 0 Å². The average molecular weight is 188 g/mol. The molecule has 1 unspecified atom stereocenters. The first-order chi connectivity index (χ1) is 6.17. The summed E-state index contributed by atoms with van der Waals surface area (Å²) in [5.41, 5.74) is 2.56. The molecule has 13 heavy (non-hydrogen) atoms. The Morgan fingerprint density at radius 1 is 1.69 bits per heavy atom. The Morgan fingerprint density at radius 2 is 2.31 bits per heavy atom. The molecule has 78 valence electrons. The van der Waals surface area contributed by atoms with Crippen LogP contribution in [0.15, 0.2) is 4.99 Å². The van der Waals surface area contributed by atoms with Gasteiger partial charge >= 0.3 is 0 Å². The molecule has 0 aliphatic carbocycles. The summed E-state index contributed by atoms with van der Waals surface area (Å²) in [6.07, 6.45) is 0. The summed E-state index contributed by atoms with van der Waals surface area (Å²) in [4.78, 5) is 6.15. The van der Waals surface area contributed by atoms with Crippen LogP contribution in [0.5, 0.6) is 0 Å². The molecule has 0 aromatic carbocycles. The molecule has 0 amide bonds. The number of aliphatic imine (C=N–C) groups is 1. The monoisotopic (exact) mass is 188 g/mol. The summed E-state index contributed by atoms with van der Waals surface area (Å²) in [6.45, 7) is 5.38. The lowest BCUT2D eigenvalue weighted by Gasteiger charge is -2.26. The van der Waals surface area contributed by atoms with E-state index < -0.39 is 0 Å². The van der Waals surface area contributed by atoms with Gasteiger partial charge in [-0.2, -0.15) is 0 Å². The van der Waals surface area contributed by atoms with Crippen molar-refractivity contribution in [1.82, 2.24) is 10.3 Å². The maximum Gasteiger partial charge on any atom is 0.208 e. The summed E-state index contributed by atoms with van der Waals surface area (Å²) in [7, 11) is 3.61. The lowest BCUT2D eigenvalue weighted by Crippen LogP contribution is -2.48. The zero-order chi connectivity index (χ0) is 10.3. The fraction of sp³-hybridized carbons (Fsp3) is 0.875. The molecule has 0 saturated heterocycles.